The van der Waals surface area contributed by atoms with Crippen LogP contribution in [0.1, 0.15) is 12.5 Å². The van der Waals surface area contributed by atoms with Crippen molar-refractivity contribution in [1.29, 1.82) is 0 Å². The van der Waals surface area contributed by atoms with Crippen molar-refractivity contribution < 1.29 is 57.5 Å². The molecular formula is C20H26N10O12P2. The number of aliphatic hydroxyl groups is 3. The summed E-state index contributed by atoms with van der Waals surface area (Å²) in [5, 5.41) is 32.2. The molecule has 0 radical (unpaired) electrons. The number of fused-ring (bicyclic) bond motifs is 2. The third-order valence-electron chi connectivity index (χ3n) is 6.86. The Kier molecular flexibility index (Phi) is 8.34. The summed E-state index contributed by atoms with van der Waals surface area (Å²) >= 11 is 0. The molecule has 238 valence electrons. The Morgan fingerprint density at radius 3 is 2.02 bits per heavy atom. The number of hydrogen-bond acceptors (Lipinski definition) is 18. The number of hydrogen-bond donors (Lipinski definition) is 7. The Balaban J connectivity index is 1.16. The van der Waals surface area contributed by atoms with Crippen molar-refractivity contribution in [1.82, 2.24) is 39.0 Å². The largest absolute Gasteiger partial charge is 0.472 e. The second-order valence-electron chi connectivity index (χ2n) is 9.64. The van der Waals surface area contributed by atoms with Crippen LogP contribution < -0.4 is 11.5 Å². The van der Waals surface area contributed by atoms with Gasteiger partial charge in [0, 0.05) is 0 Å². The molecule has 0 amide bonds. The molecule has 2 saturated heterocycles. The van der Waals surface area contributed by atoms with Crippen LogP contribution in [0, 0.1) is 0 Å². The molecule has 2 aliphatic rings. The van der Waals surface area contributed by atoms with Crippen molar-refractivity contribution in [2.75, 3.05) is 24.4 Å². The van der Waals surface area contributed by atoms with Crippen LogP contribution in [0.4, 0.5) is 11.6 Å². The van der Waals surface area contributed by atoms with Gasteiger partial charge in [-0.15, -0.1) is 0 Å². The van der Waals surface area contributed by atoms with Gasteiger partial charge in [0.25, 0.3) is 0 Å². The van der Waals surface area contributed by atoms with Gasteiger partial charge in [-0.1, -0.05) is 0 Å². The zero-order valence-electron chi connectivity index (χ0n) is 22.1. The zero-order chi connectivity index (χ0) is 31.3. The summed E-state index contributed by atoms with van der Waals surface area (Å²) in [7, 11) is -8.28. The lowest BCUT2D eigenvalue weighted by molar-refractivity contribution is -0.165. The first-order chi connectivity index (χ1) is 20.9. The van der Waals surface area contributed by atoms with Gasteiger partial charge in [0.2, 0.25) is 8.03 Å². The van der Waals surface area contributed by atoms with Crippen molar-refractivity contribution in [3.63, 3.8) is 0 Å². The minimum Gasteiger partial charge on any atom is -0.387 e. The van der Waals surface area contributed by atoms with E-state index in [1.165, 1.54) is 28.1 Å². The van der Waals surface area contributed by atoms with Crippen molar-refractivity contribution in [3.05, 3.63) is 25.3 Å². The molecular weight excluding hydrogens is 634 g/mol. The molecule has 44 heavy (non-hydrogen) atoms. The lowest BCUT2D eigenvalue weighted by Crippen LogP contribution is -2.36. The number of nitrogens with two attached hydrogens (primary N) is 2. The number of aliphatic hydroxyl groups excluding tert-OH is 3. The smallest absolute Gasteiger partial charge is 0.387 e. The topological polar surface area (TPSA) is 321 Å². The van der Waals surface area contributed by atoms with Crippen LogP contribution in [-0.4, -0.2) is 114 Å². The molecule has 4 aromatic rings. The minimum absolute atomic E-state index is 0.0382. The summed E-state index contributed by atoms with van der Waals surface area (Å²) in [6.45, 7) is -0.766. The quantitative estimate of drug-likeness (QED) is 0.0872. The van der Waals surface area contributed by atoms with E-state index in [4.69, 9.17) is 34.7 Å². The van der Waals surface area contributed by atoms with E-state index in [2.05, 4.69) is 29.9 Å². The van der Waals surface area contributed by atoms with Crippen LogP contribution in [0.2, 0.25) is 0 Å². The lowest BCUT2D eigenvalue weighted by atomic mass is 10.1. The third kappa shape index (κ3) is 5.67. The molecule has 0 aliphatic carbocycles. The van der Waals surface area contributed by atoms with Crippen molar-refractivity contribution in [3.8, 4) is 0 Å². The van der Waals surface area contributed by atoms with Crippen LogP contribution >= 0.6 is 15.9 Å². The average Bonchev–Trinajstić information content (AvgIpc) is 3.73. The van der Waals surface area contributed by atoms with Gasteiger partial charge >= 0.3 is 7.82 Å². The van der Waals surface area contributed by atoms with Gasteiger partial charge in [0.1, 0.15) is 54.5 Å². The van der Waals surface area contributed by atoms with Crippen LogP contribution in [0.3, 0.4) is 0 Å². The Morgan fingerprint density at radius 1 is 0.886 bits per heavy atom. The molecule has 2 fully saturated rings. The van der Waals surface area contributed by atoms with Crippen LogP contribution in [0.15, 0.2) is 25.3 Å². The summed E-state index contributed by atoms with van der Waals surface area (Å²) in [5.74, 6) is 0.115. The van der Waals surface area contributed by atoms with E-state index in [9.17, 15) is 34.2 Å². The molecule has 0 saturated carbocycles. The first kappa shape index (κ1) is 30.8. The van der Waals surface area contributed by atoms with Crippen molar-refractivity contribution >= 4 is 49.8 Å². The van der Waals surface area contributed by atoms with Gasteiger partial charge in [-0.25, -0.2) is 34.5 Å². The molecule has 4 aromatic heterocycles. The van der Waals surface area contributed by atoms with E-state index < -0.39 is 78.1 Å². The van der Waals surface area contributed by atoms with Gasteiger partial charge < -0.3 is 50.8 Å². The van der Waals surface area contributed by atoms with E-state index in [0.29, 0.717) is 0 Å². The minimum atomic E-state index is -5.10. The Labute approximate surface area is 245 Å². The highest BCUT2D eigenvalue weighted by molar-refractivity contribution is 7.47. The van der Waals surface area contributed by atoms with Crippen LogP contribution in [0.5, 0.6) is 0 Å². The van der Waals surface area contributed by atoms with Gasteiger partial charge in [-0.3, -0.25) is 22.7 Å². The lowest BCUT2D eigenvalue weighted by Gasteiger charge is -2.24. The van der Waals surface area contributed by atoms with Crippen LogP contribution in [-0.2, 0) is 32.4 Å². The fourth-order valence-electron chi connectivity index (χ4n) is 4.81. The highest BCUT2D eigenvalue weighted by Crippen LogP contribution is 2.49. The number of nitrogen functional groups attached to an aromatic ring is 2. The summed E-state index contributed by atoms with van der Waals surface area (Å²) in [6.07, 6.45) is -8.12. The highest BCUT2D eigenvalue weighted by Gasteiger charge is 2.51. The molecule has 2 aliphatic heterocycles. The Hall–Kier alpha value is -3.24. The number of nitrogens with zero attached hydrogens (tertiary/aromatic N) is 8. The van der Waals surface area contributed by atoms with E-state index in [0.717, 1.165) is 6.33 Å². The van der Waals surface area contributed by atoms with Gasteiger partial charge in [-0.05, 0) is 0 Å². The number of aromatic nitrogens is 8. The van der Waals surface area contributed by atoms with E-state index in [1.807, 2.05) is 0 Å². The molecule has 6 rings (SSSR count). The number of ether oxygens (including phenoxy) is 3. The third-order valence-corrected chi connectivity index (χ3v) is 8.26. The molecule has 9 N–H and O–H groups in total. The maximum Gasteiger partial charge on any atom is 0.472 e. The first-order valence-corrected chi connectivity index (χ1v) is 15.7. The standard InChI is InChI=1S/C20H26N10O12P2/c21-14-8-16(25-2-23-14)29(4-27-8)18-11(32)10(31)7(40-18)1-39-44(36,37)42-13-12(33)19(41-20(13)38-6-43(34)35)30-5-28-9-15(22)24-3-26-17(9)30/h2-5,7,10-13,18-20,31-33,43H,1,6H2,(H,34,35)(H,36,37)(H2,21,23,25)(H2,22,24,26)/t7-,10?,11+,12?,13-,18-,19-,20+/m1/s1. The normalized spacial score (nSPS) is 31.1. The summed E-state index contributed by atoms with van der Waals surface area (Å²) < 4.78 is 53.7. The SMILES string of the molecule is Nc1ncnc2c1ncn2[C@@H]1O[C@H](OC[PH](=O)O)[C@H](OP(=O)(O)OC[C@H]2O[C@@H](n3cnc4c(N)ncnc43)[C@@H](O)C2O)C1O. The number of phosphoric ester groups is 1. The van der Waals surface area contributed by atoms with E-state index in [1.54, 1.807) is 0 Å². The number of anilines is 2. The predicted molar refractivity (Wildman–Crippen MR) is 143 cm³/mol. The summed E-state index contributed by atoms with van der Waals surface area (Å²) in [4.78, 5) is 43.7. The average molecular weight is 660 g/mol. The molecule has 0 aromatic carbocycles. The van der Waals surface area contributed by atoms with E-state index >= 15 is 0 Å². The molecule has 4 unspecified atom stereocenters. The fraction of sp³-hybridized carbons (Fsp3) is 0.500. The van der Waals surface area contributed by atoms with Gasteiger partial charge in [-0.2, -0.15) is 0 Å². The second kappa shape index (κ2) is 11.9. The van der Waals surface area contributed by atoms with E-state index in [-0.39, 0.29) is 34.0 Å². The molecule has 0 bridgehead atoms. The molecule has 0 spiro atoms. The molecule has 22 nitrogen and oxygen atoms in total. The zero-order valence-corrected chi connectivity index (χ0v) is 24.0. The van der Waals surface area contributed by atoms with Crippen molar-refractivity contribution in [2.45, 2.75) is 49.3 Å². The highest BCUT2D eigenvalue weighted by atomic mass is 31.2. The number of rotatable bonds is 10. The number of phosphoric acid groups is 1. The molecule has 6 heterocycles. The van der Waals surface area contributed by atoms with Crippen molar-refractivity contribution in [2.24, 2.45) is 0 Å². The Morgan fingerprint density at radius 2 is 1.45 bits per heavy atom. The predicted octanol–water partition coefficient (Wildman–Crippen LogP) is -2.39. The first-order valence-electron chi connectivity index (χ1n) is 12.7. The monoisotopic (exact) mass is 660 g/mol. The second-order valence-corrected chi connectivity index (χ2v) is 12.1. The number of imidazole rings is 2. The van der Waals surface area contributed by atoms with Gasteiger partial charge in [0.05, 0.1) is 19.3 Å². The maximum atomic E-state index is 13.0. The van der Waals surface area contributed by atoms with Gasteiger partial charge in [0.15, 0.2) is 47.8 Å². The maximum absolute atomic E-state index is 13.0. The van der Waals surface area contributed by atoms with Crippen LogP contribution in [0.25, 0.3) is 22.3 Å². The summed E-state index contributed by atoms with van der Waals surface area (Å²) in [5.41, 5.74) is 12.3. The fourth-order valence-corrected chi connectivity index (χ4v) is 6.04. The molecule has 10 atom stereocenters. The summed E-state index contributed by atoms with van der Waals surface area (Å²) in [6, 6.07) is 0. The molecule has 24 heteroatoms. The Bertz CT molecular complexity index is 1740.